The average Bonchev–Trinajstić information content (AvgIpc) is 2.56. The molecule has 126 valence electrons. The molecule has 0 aliphatic rings. The molecule has 5 heteroatoms. The van der Waals surface area contributed by atoms with Gasteiger partial charge in [-0.2, -0.15) is 0 Å². The fraction of sp³-hybridized carbons (Fsp3) is 0.263. The van der Waals surface area contributed by atoms with Crippen molar-refractivity contribution in [2.75, 3.05) is 13.1 Å². The van der Waals surface area contributed by atoms with E-state index in [0.717, 1.165) is 16.7 Å². The number of hydrogen-bond acceptors (Lipinski definition) is 2. The Bertz CT molecular complexity index is 727. The SMILES string of the molecule is Cc1ccc(C(=O)NCCNC(=O)Cc2ccc(F)cc2)cc1C. The summed E-state index contributed by atoms with van der Waals surface area (Å²) in [5.74, 6) is -0.652. The monoisotopic (exact) mass is 328 g/mol. The molecule has 0 spiro atoms. The number of amides is 2. The largest absolute Gasteiger partial charge is 0.354 e. The van der Waals surface area contributed by atoms with Gasteiger partial charge >= 0.3 is 0 Å². The first-order valence-corrected chi connectivity index (χ1v) is 7.82. The topological polar surface area (TPSA) is 58.2 Å². The molecule has 0 saturated heterocycles. The molecule has 0 atom stereocenters. The molecule has 2 amide bonds. The Balaban J connectivity index is 1.72. The average molecular weight is 328 g/mol. The maximum Gasteiger partial charge on any atom is 0.251 e. The molecule has 4 nitrogen and oxygen atoms in total. The number of rotatable bonds is 6. The van der Waals surface area contributed by atoms with Crippen LogP contribution >= 0.6 is 0 Å². The molecule has 0 heterocycles. The molecule has 0 fully saturated rings. The lowest BCUT2D eigenvalue weighted by molar-refractivity contribution is -0.120. The fourth-order valence-corrected chi connectivity index (χ4v) is 2.21. The van der Waals surface area contributed by atoms with Crippen LogP contribution in [0.25, 0.3) is 0 Å². The lowest BCUT2D eigenvalue weighted by Gasteiger charge is -2.08. The first-order chi connectivity index (χ1) is 11.5. The van der Waals surface area contributed by atoms with Gasteiger partial charge < -0.3 is 10.6 Å². The zero-order chi connectivity index (χ0) is 17.5. The summed E-state index contributed by atoms with van der Waals surface area (Å²) in [7, 11) is 0. The molecule has 2 rings (SSSR count). The Morgan fingerprint density at radius 1 is 0.917 bits per heavy atom. The van der Waals surface area contributed by atoms with Crippen LogP contribution in [0.4, 0.5) is 4.39 Å². The van der Waals surface area contributed by atoms with Crippen LogP contribution in [0, 0.1) is 19.7 Å². The Hall–Kier alpha value is -2.69. The predicted molar refractivity (Wildman–Crippen MR) is 91.4 cm³/mol. The molecular weight excluding hydrogens is 307 g/mol. The minimum absolute atomic E-state index is 0.161. The number of aryl methyl sites for hydroxylation is 2. The molecule has 0 aliphatic carbocycles. The molecule has 2 N–H and O–H groups in total. The van der Waals surface area contributed by atoms with Crippen molar-refractivity contribution in [1.82, 2.24) is 10.6 Å². The minimum atomic E-state index is -0.326. The highest BCUT2D eigenvalue weighted by Crippen LogP contribution is 2.09. The Morgan fingerprint density at radius 3 is 2.25 bits per heavy atom. The van der Waals surface area contributed by atoms with E-state index in [1.54, 1.807) is 18.2 Å². The van der Waals surface area contributed by atoms with E-state index in [1.807, 2.05) is 26.0 Å². The molecule has 0 radical (unpaired) electrons. The van der Waals surface area contributed by atoms with Crippen molar-refractivity contribution in [2.24, 2.45) is 0 Å². The second-order valence-electron chi connectivity index (χ2n) is 5.71. The number of hydrogen-bond donors (Lipinski definition) is 2. The summed E-state index contributed by atoms with van der Waals surface area (Å²) >= 11 is 0. The number of halogens is 1. The van der Waals surface area contributed by atoms with Crippen LogP contribution in [0.1, 0.15) is 27.0 Å². The van der Waals surface area contributed by atoms with Crippen molar-refractivity contribution in [3.8, 4) is 0 Å². The molecule has 0 aromatic heterocycles. The van der Waals surface area contributed by atoms with Gasteiger partial charge in [0.2, 0.25) is 5.91 Å². The summed E-state index contributed by atoms with van der Waals surface area (Å²) in [6.07, 6.45) is 0.186. The van der Waals surface area contributed by atoms with E-state index >= 15 is 0 Å². The maximum atomic E-state index is 12.8. The van der Waals surface area contributed by atoms with Crippen LogP contribution in [-0.2, 0) is 11.2 Å². The molecule has 0 saturated carbocycles. The van der Waals surface area contributed by atoms with Crippen molar-refractivity contribution < 1.29 is 14.0 Å². The van der Waals surface area contributed by atoms with Crippen LogP contribution < -0.4 is 10.6 Å². The first-order valence-electron chi connectivity index (χ1n) is 7.82. The summed E-state index contributed by atoms with van der Waals surface area (Å²) < 4.78 is 12.8. The Labute approximate surface area is 141 Å². The molecule has 0 aliphatic heterocycles. The lowest BCUT2D eigenvalue weighted by Crippen LogP contribution is -2.35. The van der Waals surface area contributed by atoms with E-state index in [0.29, 0.717) is 18.7 Å². The molecule has 0 unspecified atom stereocenters. The second kappa shape index (κ2) is 8.24. The first kappa shape index (κ1) is 17.7. The minimum Gasteiger partial charge on any atom is -0.354 e. The zero-order valence-corrected chi connectivity index (χ0v) is 13.9. The summed E-state index contributed by atoms with van der Waals surface area (Å²) in [5.41, 5.74) is 3.55. The molecular formula is C19H21FN2O2. The second-order valence-corrected chi connectivity index (χ2v) is 5.71. The van der Waals surface area contributed by atoms with Crippen LogP contribution in [0.3, 0.4) is 0 Å². The lowest BCUT2D eigenvalue weighted by atomic mass is 10.1. The van der Waals surface area contributed by atoms with E-state index in [4.69, 9.17) is 0 Å². The highest BCUT2D eigenvalue weighted by molar-refractivity contribution is 5.94. The highest BCUT2D eigenvalue weighted by Gasteiger charge is 2.07. The molecule has 24 heavy (non-hydrogen) atoms. The van der Waals surface area contributed by atoms with Gasteiger partial charge in [-0.3, -0.25) is 9.59 Å². The predicted octanol–water partition coefficient (Wildman–Crippen LogP) is 2.53. The number of benzene rings is 2. The third kappa shape index (κ3) is 5.19. The van der Waals surface area contributed by atoms with E-state index in [9.17, 15) is 14.0 Å². The summed E-state index contributed by atoms with van der Waals surface area (Å²) in [5, 5.41) is 5.49. The van der Waals surface area contributed by atoms with Gasteiger partial charge in [-0.15, -0.1) is 0 Å². The zero-order valence-electron chi connectivity index (χ0n) is 13.9. The van der Waals surface area contributed by atoms with Crippen LogP contribution in [0.2, 0.25) is 0 Å². The van der Waals surface area contributed by atoms with Gasteiger partial charge in [0, 0.05) is 18.7 Å². The van der Waals surface area contributed by atoms with Crippen LogP contribution in [0.5, 0.6) is 0 Å². The normalized spacial score (nSPS) is 10.3. The van der Waals surface area contributed by atoms with E-state index in [-0.39, 0.29) is 24.1 Å². The van der Waals surface area contributed by atoms with Crippen LogP contribution in [0.15, 0.2) is 42.5 Å². The standard InChI is InChI=1S/C19H21FN2O2/c1-13-3-6-16(11-14(13)2)19(24)22-10-9-21-18(23)12-15-4-7-17(20)8-5-15/h3-8,11H,9-10,12H2,1-2H3,(H,21,23)(H,22,24). The number of nitrogens with one attached hydrogen (secondary N) is 2. The fourth-order valence-electron chi connectivity index (χ4n) is 2.21. The Kier molecular flexibility index (Phi) is 6.07. The van der Waals surface area contributed by atoms with Crippen molar-refractivity contribution >= 4 is 11.8 Å². The maximum absolute atomic E-state index is 12.8. The quantitative estimate of drug-likeness (QED) is 0.801. The summed E-state index contributed by atoms with van der Waals surface area (Å²) in [6.45, 7) is 4.65. The van der Waals surface area contributed by atoms with E-state index < -0.39 is 0 Å². The third-order valence-corrected chi connectivity index (χ3v) is 3.78. The van der Waals surface area contributed by atoms with E-state index in [2.05, 4.69) is 10.6 Å². The van der Waals surface area contributed by atoms with Gasteiger partial charge in [-0.1, -0.05) is 18.2 Å². The molecule has 2 aromatic rings. The van der Waals surface area contributed by atoms with Gasteiger partial charge in [0.1, 0.15) is 5.82 Å². The molecule has 2 aromatic carbocycles. The summed E-state index contributed by atoms with van der Waals surface area (Å²) in [6, 6.07) is 11.4. The van der Waals surface area contributed by atoms with Gasteiger partial charge in [0.25, 0.3) is 5.91 Å². The number of carbonyl (C=O) groups is 2. The van der Waals surface area contributed by atoms with Crippen molar-refractivity contribution in [1.29, 1.82) is 0 Å². The molecule has 0 bridgehead atoms. The van der Waals surface area contributed by atoms with Gasteiger partial charge in [-0.05, 0) is 54.8 Å². The van der Waals surface area contributed by atoms with Crippen molar-refractivity contribution in [3.63, 3.8) is 0 Å². The third-order valence-electron chi connectivity index (χ3n) is 3.78. The van der Waals surface area contributed by atoms with Crippen LogP contribution in [-0.4, -0.2) is 24.9 Å². The van der Waals surface area contributed by atoms with Gasteiger partial charge in [0.05, 0.1) is 6.42 Å². The summed E-state index contributed by atoms with van der Waals surface area (Å²) in [4.78, 5) is 23.8. The smallest absolute Gasteiger partial charge is 0.251 e. The van der Waals surface area contributed by atoms with E-state index in [1.165, 1.54) is 12.1 Å². The number of carbonyl (C=O) groups excluding carboxylic acids is 2. The van der Waals surface area contributed by atoms with Gasteiger partial charge in [-0.25, -0.2) is 4.39 Å². The van der Waals surface area contributed by atoms with Gasteiger partial charge in [0.15, 0.2) is 0 Å². The van der Waals surface area contributed by atoms with Crippen molar-refractivity contribution in [2.45, 2.75) is 20.3 Å². The van der Waals surface area contributed by atoms with Crippen molar-refractivity contribution in [3.05, 3.63) is 70.5 Å². The highest BCUT2D eigenvalue weighted by atomic mass is 19.1. The Morgan fingerprint density at radius 2 is 1.58 bits per heavy atom.